The van der Waals surface area contributed by atoms with Gasteiger partial charge in [0, 0.05) is 32.2 Å². The highest BCUT2D eigenvalue weighted by Crippen LogP contribution is 2.28. The first-order chi connectivity index (χ1) is 11.2. The second-order valence-corrected chi connectivity index (χ2v) is 6.36. The van der Waals surface area contributed by atoms with Crippen molar-refractivity contribution in [3.63, 3.8) is 0 Å². The molecule has 0 radical (unpaired) electrons. The van der Waals surface area contributed by atoms with E-state index >= 15 is 0 Å². The fourth-order valence-corrected chi connectivity index (χ4v) is 3.60. The largest absolute Gasteiger partial charge is 0.352 e. The second kappa shape index (κ2) is 5.62. The van der Waals surface area contributed by atoms with Crippen molar-refractivity contribution in [3.8, 4) is 0 Å². The maximum atomic E-state index is 12.4. The number of hydrogen-bond donors (Lipinski definition) is 0. The van der Waals surface area contributed by atoms with Crippen LogP contribution < -0.4 is 4.90 Å². The summed E-state index contributed by atoms with van der Waals surface area (Å²) in [5.41, 5.74) is 1.68. The van der Waals surface area contributed by atoms with E-state index in [0.29, 0.717) is 24.5 Å². The molecule has 0 N–H and O–H groups in total. The number of hydrogen-bond acceptors (Lipinski definition) is 7. The van der Waals surface area contributed by atoms with Gasteiger partial charge in [-0.2, -0.15) is 0 Å². The Kier molecular flexibility index (Phi) is 3.45. The van der Waals surface area contributed by atoms with Crippen LogP contribution in [0.3, 0.4) is 0 Å². The number of aromatic nitrogens is 3. The van der Waals surface area contributed by atoms with E-state index in [1.165, 1.54) is 0 Å². The molecule has 8 heteroatoms. The monoisotopic (exact) mass is 329 g/mol. The zero-order valence-electron chi connectivity index (χ0n) is 12.6. The predicted octanol–water partition coefficient (Wildman–Crippen LogP) is 1.95. The zero-order valence-corrected chi connectivity index (χ0v) is 13.4. The van der Waals surface area contributed by atoms with E-state index < -0.39 is 0 Å². The fraction of sp³-hybridized carbons (Fsp3) is 0.333. The van der Waals surface area contributed by atoms with Crippen LogP contribution in [0, 0.1) is 6.92 Å². The summed E-state index contributed by atoms with van der Waals surface area (Å²) in [5, 5.41) is 5.80. The molecule has 1 fully saturated rings. The fourth-order valence-electron chi connectivity index (χ4n) is 2.74. The van der Waals surface area contributed by atoms with Crippen molar-refractivity contribution in [1.82, 2.24) is 20.0 Å². The van der Waals surface area contributed by atoms with Gasteiger partial charge in [-0.3, -0.25) is 4.79 Å². The molecule has 0 saturated carbocycles. The van der Waals surface area contributed by atoms with Crippen molar-refractivity contribution in [1.29, 1.82) is 0 Å². The molecule has 0 aliphatic carbocycles. The Hall–Kier alpha value is -2.48. The van der Waals surface area contributed by atoms with Gasteiger partial charge in [-0.15, -0.1) is 11.3 Å². The first-order valence-corrected chi connectivity index (χ1v) is 8.26. The quantitative estimate of drug-likeness (QED) is 0.715. The molecule has 0 bridgehead atoms. The molecular formula is C15H15N5O2S. The highest BCUT2D eigenvalue weighted by molar-refractivity contribution is 7.17. The molecule has 0 atom stereocenters. The number of carbonyl (C=O) groups is 1. The van der Waals surface area contributed by atoms with Gasteiger partial charge >= 0.3 is 0 Å². The van der Waals surface area contributed by atoms with Crippen LogP contribution in [0.15, 0.2) is 28.4 Å². The molecule has 1 aliphatic rings. The Bertz CT molecular complexity index is 850. The molecule has 3 aromatic rings. The van der Waals surface area contributed by atoms with Gasteiger partial charge in [-0.05, 0) is 18.4 Å². The molecular weight excluding hydrogens is 314 g/mol. The van der Waals surface area contributed by atoms with Gasteiger partial charge in [0.25, 0.3) is 5.91 Å². The summed E-state index contributed by atoms with van der Waals surface area (Å²) in [6.45, 7) is 4.55. The van der Waals surface area contributed by atoms with E-state index in [0.717, 1.165) is 29.1 Å². The lowest BCUT2D eigenvalue weighted by molar-refractivity contribution is 0.0704. The van der Waals surface area contributed by atoms with E-state index in [9.17, 15) is 4.79 Å². The third kappa shape index (κ3) is 2.55. The van der Waals surface area contributed by atoms with Gasteiger partial charge in [0.2, 0.25) is 5.76 Å². The summed E-state index contributed by atoms with van der Waals surface area (Å²) in [6.07, 6.45) is 1.60. The van der Waals surface area contributed by atoms with E-state index in [1.807, 2.05) is 11.4 Å². The van der Waals surface area contributed by atoms with Crippen molar-refractivity contribution in [2.45, 2.75) is 6.92 Å². The molecule has 0 spiro atoms. The number of fused-ring (bicyclic) bond motifs is 1. The average Bonchev–Trinajstić information content (AvgIpc) is 3.22. The molecule has 23 heavy (non-hydrogen) atoms. The standard InChI is InChI=1S/C15H15N5O2S/c1-10-8-12(22-18-10)15(21)20-5-3-19(4-6-20)14-13-11(2-7-23-13)16-9-17-14/h2,7-9H,3-6H2,1H3. The number of carbonyl (C=O) groups excluding carboxylic acids is 1. The van der Waals surface area contributed by atoms with Gasteiger partial charge in [0.05, 0.1) is 15.9 Å². The molecule has 118 valence electrons. The van der Waals surface area contributed by atoms with Crippen LogP contribution in [0.4, 0.5) is 5.82 Å². The molecule has 0 aromatic carbocycles. The van der Waals surface area contributed by atoms with E-state index in [1.54, 1.807) is 35.6 Å². The Balaban J connectivity index is 1.49. The van der Waals surface area contributed by atoms with Crippen molar-refractivity contribution in [2.24, 2.45) is 0 Å². The third-order valence-electron chi connectivity index (χ3n) is 3.93. The van der Waals surface area contributed by atoms with Crippen LogP contribution in [0.5, 0.6) is 0 Å². The van der Waals surface area contributed by atoms with Gasteiger partial charge in [0.1, 0.15) is 12.1 Å². The van der Waals surface area contributed by atoms with Crippen LogP contribution in [-0.2, 0) is 0 Å². The number of anilines is 1. The van der Waals surface area contributed by atoms with Crippen LogP contribution in [0.25, 0.3) is 10.2 Å². The summed E-state index contributed by atoms with van der Waals surface area (Å²) < 4.78 is 6.16. The summed E-state index contributed by atoms with van der Waals surface area (Å²) >= 11 is 1.64. The average molecular weight is 329 g/mol. The lowest BCUT2D eigenvalue weighted by atomic mass is 10.2. The Labute approximate surface area is 136 Å². The lowest BCUT2D eigenvalue weighted by Crippen LogP contribution is -2.49. The summed E-state index contributed by atoms with van der Waals surface area (Å²) in [5.74, 6) is 1.15. The number of amides is 1. The topological polar surface area (TPSA) is 75.4 Å². The van der Waals surface area contributed by atoms with Gasteiger partial charge in [-0.1, -0.05) is 5.16 Å². The Morgan fingerprint density at radius 2 is 2.09 bits per heavy atom. The molecule has 1 saturated heterocycles. The zero-order chi connectivity index (χ0) is 15.8. The third-order valence-corrected chi connectivity index (χ3v) is 4.83. The van der Waals surface area contributed by atoms with Gasteiger partial charge in [0.15, 0.2) is 0 Å². The normalized spacial score (nSPS) is 15.3. The molecule has 0 unspecified atom stereocenters. The minimum absolute atomic E-state index is 0.103. The Morgan fingerprint density at radius 3 is 2.83 bits per heavy atom. The first-order valence-electron chi connectivity index (χ1n) is 7.38. The lowest BCUT2D eigenvalue weighted by Gasteiger charge is -2.34. The number of aryl methyl sites for hydroxylation is 1. The predicted molar refractivity (Wildman–Crippen MR) is 86.8 cm³/mol. The molecule has 3 aromatic heterocycles. The number of thiophene rings is 1. The Morgan fingerprint density at radius 1 is 1.26 bits per heavy atom. The van der Waals surface area contributed by atoms with Crippen LogP contribution in [0.2, 0.25) is 0 Å². The molecule has 4 rings (SSSR count). The van der Waals surface area contributed by atoms with Gasteiger partial charge in [-0.25, -0.2) is 9.97 Å². The number of piperazine rings is 1. The van der Waals surface area contributed by atoms with Crippen molar-refractivity contribution >= 4 is 33.3 Å². The van der Waals surface area contributed by atoms with Crippen molar-refractivity contribution in [3.05, 3.63) is 35.3 Å². The van der Waals surface area contributed by atoms with Gasteiger partial charge < -0.3 is 14.3 Å². The highest BCUT2D eigenvalue weighted by atomic mass is 32.1. The number of rotatable bonds is 2. The summed E-state index contributed by atoms with van der Waals surface area (Å²) in [6, 6.07) is 3.67. The molecule has 4 heterocycles. The highest BCUT2D eigenvalue weighted by Gasteiger charge is 2.26. The smallest absolute Gasteiger partial charge is 0.292 e. The van der Waals surface area contributed by atoms with E-state index in [2.05, 4.69) is 20.0 Å². The maximum Gasteiger partial charge on any atom is 0.292 e. The SMILES string of the molecule is Cc1cc(C(=O)N2CCN(c3ncnc4ccsc34)CC2)on1. The minimum atomic E-state index is -0.103. The molecule has 1 amide bonds. The minimum Gasteiger partial charge on any atom is -0.352 e. The van der Waals surface area contributed by atoms with Crippen molar-refractivity contribution in [2.75, 3.05) is 31.1 Å². The second-order valence-electron chi connectivity index (χ2n) is 5.44. The maximum absolute atomic E-state index is 12.4. The van der Waals surface area contributed by atoms with E-state index in [4.69, 9.17) is 4.52 Å². The number of nitrogens with zero attached hydrogens (tertiary/aromatic N) is 5. The van der Waals surface area contributed by atoms with Crippen LogP contribution >= 0.6 is 11.3 Å². The van der Waals surface area contributed by atoms with Crippen LogP contribution in [0.1, 0.15) is 16.2 Å². The summed E-state index contributed by atoms with van der Waals surface area (Å²) in [4.78, 5) is 25.1. The summed E-state index contributed by atoms with van der Waals surface area (Å²) in [7, 11) is 0. The molecule has 1 aliphatic heterocycles. The van der Waals surface area contributed by atoms with Crippen LogP contribution in [-0.4, -0.2) is 52.1 Å². The van der Waals surface area contributed by atoms with E-state index in [-0.39, 0.29) is 5.91 Å². The first kappa shape index (κ1) is 14.1. The van der Waals surface area contributed by atoms with Crippen molar-refractivity contribution < 1.29 is 9.32 Å². The molecule has 7 nitrogen and oxygen atoms in total.